The summed E-state index contributed by atoms with van der Waals surface area (Å²) in [5, 5.41) is 0. The molecule has 0 unspecified atom stereocenters. The highest BCUT2D eigenvalue weighted by atomic mass is 16.3. The highest BCUT2D eigenvalue weighted by Gasteiger charge is 2.22. The molecule has 0 aliphatic heterocycles. The van der Waals surface area contributed by atoms with Crippen LogP contribution in [0.15, 0.2) is 33.9 Å². The second-order valence-corrected chi connectivity index (χ2v) is 6.70. The van der Waals surface area contributed by atoms with Gasteiger partial charge in [-0.25, -0.2) is 4.98 Å². The minimum absolute atomic E-state index is 0.0704. The van der Waals surface area contributed by atoms with E-state index in [1.807, 2.05) is 19.9 Å². The molecule has 0 N–H and O–H groups in total. The van der Waals surface area contributed by atoms with Crippen LogP contribution in [0.2, 0.25) is 0 Å². The van der Waals surface area contributed by atoms with Crippen molar-refractivity contribution in [1.82, 2.24) is 9.88 Å². The molecular weight excluding hydrogens is 292 g/mol. The van der Waals surface area contributed by atoms with Crippen LogP contribution in [0.4, 0.5) is 0 Å². The monoisotopic (exact) mass is 316 g/mol. The van der Waals surface area contributed by atoms with E-state index in [1.165, 1.54) is 12.5 Å². The number of carbonyl (C=O) groups excluding carboxylic acids is 1. The van der Waals surface area contributed by atoms with Crippen LogP contribution < -0.4 is 0 Å². The van der Waals surface area contributed by atoms with Crippen LogP contribution in [0, 0.1) is 13.8 Å². The van der Waals surface area contributed by atoms with E-state index >= 15 is 0 Å². The van der Waals surface area contributed by atoms with Crippen molar-refractivity contribution in [1.29, 1.82) is 0 Å². The number of aryl methyl sites for hydroxylation is 2. The zero-order valence-corrected chi connectivity index (χ0v) is 14.5. The third kappa shape index (κ3) is 3.92. The standard InChI is InChI=1S/C18H24N2O3/c1-7-17(21)20(10-15-13(3)22-11-19-15)9-14-8-16(18(4,5)6)23-12(14)2/h7-8,11H,1,9-10H2,2-6H3. The Hall–Kier alpha value is -2.30. The number of amides is 1. The van der Waals surface area contributed by atoms with Crippen LogP contribution in [0.25, 0.3) is 0 Å². The summed E-state index contributed by atoms with van der Waals surface area (Å²) in [5.41, 5.74) is 1.67. The van der Waals surface area contributed by atoms with Crippen molar-refractivity contribution in [2.45, 2.75) is 53.1 Å². The lowest BCUT2D eigenvalue weighted by atomic mass is 9.93. The number of hydrogen-bond acceptors (Lipinski definition) is 4. The van der Waals surface area contributed by atoms with Crippen LogP contribution in [0.5, 0.6) is 0 Å². The molecule has 0 aliphatic carbocycles. The topological polar surface area (TPSA) is 59.5 Å². The summed E-state index contributed by atoms with van der Waals surface area (Å²) in [7, 11) is 0. The van der Waals surface area contributed by atoms with Crippen molar-refractivity contribution in [2.24, 2.45) is 0 Å². The van der Waals surface area contributed by atoms with E-state index in [9.17, 15) is 4.79 Å². The Morgan fingerprint density at radius 1 is 1.30 bits per heavy atom. The van der Waals surface area contributed by atoms with Gasteiger partial charge in [0.25, 0.3) is 0 Å². The maximum absolute atomic E-state index is 12.2. The van der Waals surface area contributed by atoms with Crippen molar-refractivity contribution < 1.29 is 13.6 Å². The summed E-state index contributed by atoms with van der Waals surface area (Å²) in [6, 6.07) is 2.02. The molecule has 0 radical (unpaired) electrons. The lowest BCUT2D eigenvalue weighted by molar-refractivity contribution is -0.127. The number of hydrogen-bond donors (Lipinski definition) is 0. The van der Waals surface area contributed by atoms with E-state index in [0.717, 1.165) is 22.8 Å². The Morgan fingerprint density at radius 3 is 2.48 bits per heavy atom. The second-order valence-electron chi connectivity index (χ2n) is 6.70. The fourth-order valence-corrected chi connectivity index (χ4v) is 2.25. The number of oxazole rings is 1. The first-order chi connectivity index (χ1) is 10.7. The van der Waals surface area contributed by atoms with Crippen molar-refractivity contribution in [3.05, 3.63) is 53.7 Å². The van der Waals surface area contributed by atoms with Gasteiger partial charge in [-0.2, -0.15) is 0 Å². The zero-order valence-electron chi connectivity index (χ0n) is 14.5. The minimum atomic E-state index is -0.148. The van der Waals surface area contributed by atoms with Gasteiger partial charge in [0.05, 0.1) is 6.54 Å². The molecule has 0 fully saturated rings. The lowest BCUT2D eigenvalue weighted by Gasteiger charge is -2.20. The third-order valence-corrected chi connectivity index (χ3v) is 3.79. The Labute approximate surface area is 137 Å². The molecule has 0 atom stereocenters. The van der Waals surface area contributed by atoms with Gasteiger partial charge in [-0.3, -0.25) is 4.79 Å². The smallest absolute Gasteiger partial charge is 0.246 e. The number of furan rings is 1. The number of carbonyl (C=O) groups is 1. The molecule has 0 aliphatic rings. The van der Waals surface area contributed by atoms with Gasteiger partial charge in [0.1, 0.15) is 23.0 Å². The van der Waals surface area contributed by atoms with Crippen LogP contribution in [-0.4, -0.2) is 15.8 Å². The molecule has 0 saturated carbocycles. The summed E-state index contributed by atoms with van der Waals surface area (Å²) < 4.78 is 11.1. The van der Waals surface area contributed by atoms with Crippen molar-refractivity contribution in [3.63, 3.8) is 0 Å². The molecule has 124 valence electrons. The molecule has 0 bridgehead atoms. The Morgan fingerprint density at radius 2 is 2.00 bits per heavy atom. The summed E-state index contributed by atoms with van der Waals surface area (Å²) in [4.78, 5) is 18.0. The Kier molecular flexibility index (Phi) is 4.78. The fraction of sp³-hybridized carbons (Fsp3) is 0.444. The normalized spacial score (nSPS) is 11.5. The first-order valence-corrected chi connectivity index (χ1v) is 7.62. The number of rotatable bonds is 5. The quantitative estimate of drug-likeness (QED) is 0.785. The average Bonchev–Trinajstić information content (AvgIpc) is 3.04. The lowest BCUT2D eigenvalue weighted by Crippen LogP contribution is -2.29. The first-order valence-electron chi connectivity index (χ1n) is 7.62. The third-order valence-electron chi connectivity index (χ3n) is 3.79. The van der Waals surface area contributed by atoms with Gasteiger partial charge >= 0.3 is 0 Å². The molecule has 23 heavy (non-hydrogen) atoms. The van der Waals surface area contributed by atoms with Crippen LogP contribution in [-0.2, 0) is 23.3 Å². The van der Waals surface area contributed by atoms with Gasteiger partial charge in [0.15, 0.2) is 6.39 Å². The van der Waals surface area contributed by atoms with E-state index in [1.54, 1.807) is 4.90 Å². The molecule has 1 amide bonds. The van der Waals surface area contributed by atoms with Gasteiger partial charge in [0.2, 0.25) is 5.91 Å². The molecule has 2 rings (SSSR count). The zero-order chi connectivity index (χ0) is 17.2. The fourth-order valence-electron chi connectivity index (χ4n) is 2.25. The highest BCUT2D eigenvalue weighted by Crippen LogP contribution is 2.28. The maximum Gasteiger partial charge on any atom is 0.246 e. The second kappa shape index (κ2) is 6.44. The van der Waals surface area contributed by atoms with Crippen LogP contribution >= 0.6 is 0 Å². The van der Waals surface area contributed by atoms with Gasteiger partial charge in [0, 0.05) is 17.5 Å². The predicted molar refractivity (Wildman–Crippen MR) is 87.8 cm³/mol. The van der Waals surface area contributed by atoms with Crippen molar-refractivity contribution in [3.8, 4) is 0 Å². The van der Waals surface area contributed by atoms with Gasteiger partial charge in [-0.15, -0.1) is 0 Å². The van der Waals surface area contributed by atoms with Crippen molar-refractivity contribution in [2.75, 3.05) is 0 Å². The number of aromatic nitrogens is 1. The van der Waals surface area contributed by atoms with E-state index in [4.69, 9.17) is 8.83 Å². The van der Waals surface area contributed by atoms with Gasteiger partial charge in [-0.05, 0) is 26.0 Å². The molecule has 2 heterocycles. The van der Waals surface area contributed by atoms with E-state index in [-0.39, 0.29) is 11.3 Å². The molecule has 0 saturated heterocycles. The first kappa shape index (κ1) is 17.1. The molecule has 0 spiro atoms. The van der Waals surface area contributed by atoms with Crippen LogP contribution in [0.3, 0.4) is 0 Å². The summed E-state index contributed by atoms with van der Waals surface area (Å²) >= 11 is 0. The van der Waals surface area contributed by atoms with E-state index in [2.05, 4.69) is 32.3 Å². The largest absolute Gasteiger partial charge is 0.465 e. The van der Waals surface area contributed by atoms with Gasteiger partial charge < -0.3 is 13.7 Å². The summed E-state index contributed by atoms with van der Waals surface area (Å²) in [6.07, 6.45) is 2.71. The SMILES string of the molecule is C=CC(=O)N(Cc1cc(C(C)(C)C)oc1C)Cc1ncoc1C. The van der Waals surface area contributed by atoms with E-state index in [0.29, 0.717) is 18.8 Å². The highest BCUT2D eigenvalue weighted by molar-refractivity contribution is 5.86. The predicted octanol–water partition coefficient (Wildman–Crippen LogP) is 3.90. The number of nitrogens with zero attached hydrogens (tertiary/aromatic N) is 2. The maximum atomic E-state index is 12.2. The van der Waals surface area contributed by atoms with Crippen molar-refractivity contribution >= 4 is 5.91 Å². The molecule has 2 aromatic rings. The van der Waals surface area contributed by atoms with Crippen LogP contribution in [0.1, 0.15) is 49.3 Å². The molecule has 0 aromatic carbocycles. The summed E-state index contributed by atoms with van der Waals surface area (Å²) in [6.45, 7) is 14.5. The van der Waals surface area contributed by atoms with E-state index < -0.39 is 0 Å². The Balaban J connectivity index is 2.25. The average molecular weight is 316 g/mol. The Bertz CT molecular complexity index is 704. The molecule has 5 heteroatoms. The summed E-state index contributed by atoms with van der Waals surface area (Å²) in [5.74, 6) is 2.30. The minimum Gasteiger partial charge on any atom is -0.465 e. The molecular formula is C18H24N2O3. The molecule has 2 aromatic heterocycles. The van der Waals surface area contributed by atoms with Gasteiger partial charge in [-0.1, -0.05) is 27.4 Å². The molecule has 5 nitrogen and oxygen atoms in total.